The quantitative estimate of drug-likeness (QED) is 0.620. The van der Waals surface area contributed by atoms with E-state index in [2.05, 4.69) is 10.1 Å². The number of pyridine rings is 1. The molecule has 0 bridgehead atoms. The van der Waals surface area contributed by atoms with E-state index >= 15 is 0 Å². The van der Waals surface area contributed by atoms with Crippen LogP contribution in [0.5, 0.6) is 0 Å². The maximum atomic E-state index is 12.4. The topological polar surface area (TPSA) is 69.3 Å². The number of alkyl halides is 3. The number of nitrogens with zero attached hydrogens (tertiary/aromatic N) is 4. The molecule has 0 saturated heterocycles. The molecule has 0 saturated carbocycles. The summed E-state index contributed by atoms with van der Waals surface area (Å²) < 4.78 is 37.3. The minimum atomic E-state index is -4.43. The standard InChI is InChI=1S/C13H13F3N4O/c1-10(13(14,15)16)9-19-20(8-2-5-17)12(21)11-3-6-18-7-4-11/h3-4,6-7,9-10H,2,8H2,1H3/b19-9+. The molecule has 0 radical (unpaired) electrons. The van der Waals surface area contributed by atoms with E-state index in [1.807, 2.05) is 6.07 Å². The summed E-state index contributed by atoms with van der Waals surface area (Å²) >= 11 is 0. The molecule has 0 spiro atoms. The van der Waals surface area contributed by atoms with Crippen molar-refractivity contribution in [3.8, 4) is 6.07 Å². The van der Waals surface area contributed by atoms with Gasteiger partial charge in [0.25, 0.3) is 5.91 Å². The van der Waals surface area contributed by atoms with Gasteiger partial charge in [-0.25, -0.2) is 5.01 Å². The number of nitriles is 1. The predicted molar refractivity (Wildman–Crippen MR) is 69.2 cm³/mol. The number of hydrogen-bond acceptors (Lipinski definition) is 4. The molecule has 112 valence electrons. The largest absolute Gasteiger partial charge is 0.396 e. The Morgan fingerprint density at radius 1 is 1.52 bits per heavy atom. The Kier molecular flexibility index (Phi) is 5.84. The second kappa shape index (κ2) is 7.38. The molecule has 5 nitrogen and oxygen atoms in total. The lowest BCUT2D eigenvalue weighted by Crippen LogP contribution is -2.29. The third-order valence-electron chi connectivity index (χ3n) is 2.54. The van der Waals surface area contributed by atoms with Gasteiger partial charge in [0.05, 0.1) is 25.0 Å². The first-order valence-corrected chi connectivity index (χ1v) is 6.06. The van der Waals surface area contributed by atoms with Crippen molar-refractivity contribution < 1.29 is 18.0 Å². The molecule has 1 aromatic heterocycles. The molecule has 1 rings (SSSR count). The molecule has 0 aliphatic carbocycles. The third-order valence-corrected chi connectivity index (χ3v) is 2.54. The van der Waals surface area contributed by atoms with E-state index in [0.29, 0.717) is 6.21 Å². The van der Waals surface area contributed by atoms with Crippen LogP contribution in [-0.2, 0) is 0 Å². The van der Waals surface area contributed by atoms with Gasteiger partial charge in [0.15, 0.2) is 0 Å². The van der Waals surface area contributed by atoms with Gasteiger partial charge in [-0.15, -0.1) is 0 Å². The highest BCUT2D eigenvalue weighted by atomic mass is 19.4. The first kappa shape index (κ1) is 16.6. The molecular formula is C13H13F3N4O. The van der Waals surface area contributed by atoms with Gasteiger partial charge in [-0.1, -0.05) is 0 Å². The van der Waals surface area contributed by atoms with Gasteiger partial charge in [-0.2, -0.15) is 23.5 Å². The lowest BCUT2D eigenvalue weighted by atomic mass is 10.2. The number of aromatic nitrogens is 1. The van der Waals surface area contributed by atoms with Crippen LogP contribution in [0.4, 0.5) is 13.2 Å². The van der Waals surface area contributed by atoms with Gasteiger partial charge in [0.1, 0.15) is 0 Å². The van der Waals surface area contributed by atoms with Gasteiger partial charge in [0, 0.05) is 24.2 Å². The zero-order chi connectivity index (χ0) is 15.9. The van der Waals surface area contributed by atoms with Crippen molar-refractivity contribution in [1.29, 1.82) is 5.26 Å². The summed E-state index contributed by atoms with van der Waals surface area (Å²) in [4.78, 5) is 15.9. The van der Waals surface area contributed by atoms with Crippen LogP contribution in [-0.4, -0.2) is 34.8 Å². The minimum Gasteiger partial charge on any atom is -0.267 e. The SMILES string of the molecule is CC(/C=N/N(CCC#N)C(=O)c1ccncc1)C(F)(F)F. The fourth-order valence-electron chi connectivity index (χ4n) is 1.28. The van der Waals surface area contributed by atoms with Crippen LogP contribution in [0.25, 0.3) is 0 Å². The summed E-state index contributed by atoms with van der Waals surface area (Å²) in [6.07, 6.45) is -1.04. The zero-order valence-electron chi connectivity index (χ0n) is 11.2. The van der Waals surface area contributed by atoms with Crippen LogP contribution < -0.4 is 0 Å². The molecule has 1 atom stereocenters. The Hall–Kier alpha value is -2.43. The Bertz CT molecular complexity index is 537. The van der Waals surface area contributed by atoms with Crippen LogP contribution in [0, 0.1) is 17.2 Å². The molecule has 21 heavy (non-hydrogen) atoms. The highest BCUT2D eigenvalue weighted by molar-refractivity contribution is 5.94. The number of carbonyl (C=O) groups is 1. The van der Waals surface area contributed by atoms with E-state index in [1.165, 1.54) is 24.5 Å². The van der Waals surface area contributed by atoms with Crippen LogP contribution in [0.15, 0.2) is 29.6 Å². The molecular weight excluding hydrogens is 285 g/mol. The molecule has 0 aromatic carbocycles. The molecule has 0 aliphatic heterocycles. The van der Waals surface area contributed by atoms with Crippen molar-refractivity contribution in [2.24, 2.45) is 11.0 Å². The molecule has 1 amide bonds. The van der Waals surface area contributed by atoms with E-state index in [9.17, 15) is 18.0 Å². The van der Waals surface area contributed by atoms with Crippen molar-refractivity contribution in [3.05, 3.63) is 30.1 Å². The maximum Gasteiger partial charge on any atom is 0.396 e. The van der Waals surface area contributed by atoms with Crippen LogP contribution >= 0.6 is 0 Å². The number of carbonyl (C=O) groups excluding carboxylic acids is 1. The molecule has 1 aromatic rings. The van der Waals surface area contributed by atoms with Crippen LogP contribution in [0.2, 0.25) is 0 Å². The highest BCUT2D eigenvalue weighted by Gasteiger charge is 2.35. The smallest absolute Gasteiger partial charge is 0.267 e. The molecule has 1 unspecified atom stereocenters. The van der Waals surface area contributed by atoms with Crippen LogP contribution in [0.3, 0.4) is 0 Å². The Morgan fingerprint density at radius 2 is 2.14 bits per heavy atom. The normalized spacial score (nSPS) is 12.9. The van der Waals surface area contributed by atoms with E-state index in [1.54, 1.807) is 0 Å². The number of amides is 1. The van der Waals surface area contributed by atoms with Gasteiger partial charge in [-0.3, -0.25) is 9.78 Å². The summed E-state index contributed by atoms with van der Waals surface area (Å²) in [5.41, 5.74) is 0.236. The fraction of sp³-hybridized carbons (Fsp3) is 0.385. The average Bonchev–Trinajstić information content (AvgIpc) is 2.46. The highest BCUT2D eigenvalue weighted by Crippen LogP contribution is 2.24. The molecule has 0 fully saturated rings. The van der Waals surface area contributed by atoms with Gasteiger partial charge < -0.3 is 0 Å². The van der Waals surface area contributed by atoms with Crippen molar-refractivity contribution >= 4 is 12.1 Å². The number of halogens is 3. The average molecular weight is 298 g/mol. The van der Waals surface area contributed by atoms with Gasteiger partial charge in [-0.05, 0) is 19.1 Å². The number of rotatable bonds is 5. The number of hydrogen-bond donors (Lipinski definition) is 0. The maximum absolute atomic E-state index is 12.4. The second-order valence-electron chi connectivity index (χ2n) is 4.17. The van der Waals surface area contributed by atoms with Crippen LogP contribution in [0.1, 0.15) is 23.7 Å². The summed E-state index contributed by atoms with van der Waals surface area (Å²) in [5, 5.41) is 13.0. The lowest BCUT2D eigenvalue weighted by Gasteiger charge is -2.17. The summed E-state index contributed by atoms with van der Waals surface area (Å²) in [7, 11) is 0. The number of hydrazone groups is 1. The molecule has 8 heteroatoms. The Balaban J connectivity index is 2.89. The van der Waals surface area contributed by atoms with E-state index in [-0.39, 0.29) is 18.5 Å². The first-order chi connectivity index (χ1) is 9.86. The van der Waals surface area contributed by atoms with E-state index < -0.39 is 18.0 Å². The summed E-state index contributed by atoms with van der Waals surface area (Å²) in [6, 6.07) is 4.66. The van der Waals surface area contributed by atoms with E-state index in [4.69, 9.17) is 5.26 Å². The lowest BCUT2D eigenvalue weighted by molar-refractivity contribution is -0.149. The first-order valence-electron chi connectivity index (χ1n) is 6.06. The predicted octanol–water partition coefficient (Wildman–Crippen LogP) is 2.62. The monoisotopic (exact) mass is 298 g/mol. The van der Waals surface area contributed by atoms with Crippen molar-refractivity contribution in [3.63, 3.8) is 0 Å². The zero-order valence-corrected chi connectivity index (χ0v) is 11.2. The second-order valence-corrected chi connectivity index (χ2v) is 4.17. The van der Waals surface area contributed by atoms with Gasteiger partial charge >= 0.3 is 6.18 Å². The summed E-state index contributed by atoms with van der Waals surface area (Å²) in [5.74, 6) is -2.37. The van der Waals surface area contributed by atoms with E-state index in [0.717, 1.165) is 11.9 Å². The summed E-state index contributed by atoms with van der Waals surface area (Å²) in [6.45, 7) is 0.849. The fourth-order valence-corrected chi connectivity index (χ4v) is 1.28. The Labute approximate surface area is 119 Å². The van der Waals surface area contributed by atoms with Crippen molar-refractivity contribution in [1.82, 2.24) is 9.99 Å². The Morgan fingerprint density at radius 3 is 2.67 bits per heavy atom. The van der Waals surface area contributed by atoms with Crippen molar-refractivity contribution in [2.45, 2.75) is 19.5 Å². The molecule has 0 aliphatic rings. The third kappa shape index (κ3) is 5.22. The molecule has 1 heterocycles. The molecule has 0 N–H and O–H groups in total. The van der Waals surface area contributed by atoms with Crippen molar-refractivity contribution in [2.75, 3.05) is 6.54 Å². The minimum absolute atomic E-state index is 0.0332. The van der Waals surface area contributed by atoms with Gasteiger partial charge in [0.2, 0.25) is 0 Å².